The summed E-state index contributed by atoms with van der Waals surface area (Å²) in [5.41, 5.74) is 0. The van der Waals surface area contributed by atoms with E-state index < -0.39 is 0 Å². The molecule has 0 spiro atoms. The Kier molecular flexibility index (Phi) is 25.5. The van der Waals surface area contributed by atoms with Crippen LogP contribution in [0, 0.1) is 23.7 Å². The minimum atomic E-state index is -0.125. The Balaban J connectivity index is -0.000000170. The van der Waals surface area contributed by atoms with Crippen molar-refractivity contribution in [3.8, 4) is 0 Å². The van der Waals surface area contributed by atoms with Crippen LogP contribution in [0.1, 0.15) is 102 Å². The summed E-state index contributed by atoms with van der Waals surface area (Å²) in [5.74, 6) is 1.98. The van der Waals surface area contributed by atoms with Gasteiger partial charge in [-0.05, 0) is 30.6 Å². The van der Waals surface area contributed by atoms with Gasteiger partial charge in [0, 0.05) is 25.7 Å². The number of carbonyl (C=O) groups is 4. The van der Waals surface area contributed by atoms with Gasteiger partial charge in [-0.2, -0.15) is 0 Å². The number of ether oxygens (including phenoxy) is 1. The van der Waals surface area contributed by atoms with Gasteiger partial charge in [-0.25, -0.2) is 0 Å². The Hall–Kier alpha value is -1.52. The highest BCUT2D eigenvalue weighted by molar-refractivity contribution is 5.99. The van der Waals surface area contributed by atoms with Crippen molar-refractivity contribution in [1.82, 2.24) is 0 Å². The summed E-state index contributed by atoms with van der Waals surface area (Å²) in [6.45, 7) is 17.6. The molecule has 0 bridgehead atoms. The third kappa shape index (κ3) is 37.8. The molecule has 0 amide bonds. The summed E-state index contributed by atoms with van der Waals surface area (Å²) in [4.78, 5) is 43.1. The number of rotatable bonds is 10. The van der Waals surface area contributed by atoms with E-state index in [0.29, 0.717) is 42.9 Å². The lowest BCUT2D eigenvalue weighted by molar-refractivity contribution is -0.141. The summed E-state index contributed by atoms with van der Waals surface area (Å²) in [5, 5.41) is 0. The van der Waals surface area contributed by atoms with Gasteiger partial charge in [0.25, 0.3) is 0 Å². The van der Waals surface area contributed by atoms with Gasteiger partial charge in [0.05, 0.1) is 13.5 Å². The number of carbonyl (C=O) groups excluding carboxylic acids is 4. The van der Waals surface area contributed by atoms with Crippen LogP contribution in [-0.2, 0) is 23.9 Å². The average Bonchev–Trinajstić information content (AvgIpc) is 2.43. The molecule has 0 saturated heterocycles. The zero-order chi connectivity index (χ0) is 22.9. The maximum atomic E-state index is 11.2. The summed E-state index contributed by atoms with van der Waals surface area (Å²) >= 11 is 0. The van der Waals surface area contributed by atoms with E-state index in [4.69, 9.17) is 0 Å². The second-order valence-electron chi connectivity index (χ2n) is 8.92. The van der Waals surface area contributed by atoms with E-state index in [2.05, 4.69) is 4.74 Å². The fraction of sp³-hybridized carbons (Fsp3) is 0.833. The van der Waals surface area contributed by atoms with Gasteiger partial charge >= 0.3 is 5.97 Å². The number of hydrogen-bond donors (Lipinski definition) is 0. The number of esters is 1. The molecule has 29 heavy (non-hydrogen) atoms. The average molecular weight is 417 g/mol. The summed E-state index contributed by atoms with van der Waals surface area (Å²) in [6, 6.07) is 0. The molecular formula is C24H48O5. The first-order valence-corrected chi connectivity index (χ1v) is 10.3. The second-order valence-corrected chi connectivity index (χ2v) is 8.92. The molecule has 0 aromatic rings. The minimum Gasteiger partial charge on any atom is -0.469 e. The van der Waals surface area contributed by atoms with Gasteiger partial charge in [0.15, 0.2) is 0 Å². The van der Waals surface area contributed by atoms with Crippen LogP contribution in [-0.4, -0.2) is 30.4 Å². The van der Waals surface area contributed by atoms with Crippen LogP contribution < -0.4 is 0 Å². The molecule has 0 aliphatic heterocycles. The van der Waals surface area contributed by atoms with Gasteiger partial charge in [-0.3, -0.25) is 14.4 Å². The molecule has 0 heterocycles. The van der Waals surface area contributed by atoms with Gasteiger partial charge in [0.1, 0.15) is 17.3 Å². The van der Waals surface area contributed by atoms with E-state index in [0.717, 1.165) is 6.42 Å². The molecule has 0 rings (SSSR count). The highest BCUT2D eigenvalue weighted by atomic mass is 16.5. The molecule has 0 unspecified atom stereocenters. The molecule has 0 aliphatic rings. The normalized spacial score (nSPS) is 9.86. The van der Waals surface area contributed by atoms with Gasteiger partial charge in [-0.1, -0.05) is 62.8 Å². The fourth-order valence-corrected chi connectivity index (χ4v) is 2.27. The van der Waals surface area contributed by atoms with Gasteiger partial charge in [0.2, 0.25) is 0 Å². The molecule has 5 heteroatoms. The van der Waals surface area contributed by atoms with Crippen LogP contribution in [0.5, 0.6) is 0 Å². The highest BCUT2D eigenvalue weighted by Crippen LogP contribution is 2.07. The summed E-state index contributed by atoms with van der Waals surface area (Å²) in [7, 11) is 1.41. The van der Waals surface area contributed by atoms with Crippen molar-refractivity contribution in [1.29, 1.82) is 0 Å². The zero-order valence-electron chi connectivity index (χ0n) is 19.9. The molecule has 5 nitrogen and oxygen atoms in total. The van der Waals surface area contributed by atoms with Crippen molar-refractivity contribution in [3.05, 3.63) is 0 Å². The molecule has 0 aromatic carbocycles. The first-order chi connectivity index (χ1) is 12.7. The van der Waals surface area contributed by atoms with Gasteiger partial charge < -0.3 is 9.53 Å². The van der Waals surface area contributed by atoms with E-state index in [1.165, 1.54) is 7.11 Å². The van der Waals surface area contributed by atoms with Crippen LogP contribution in [0.2, 0.25) is 0 Å². The van der Waals surface area contributed by atoms with Crippen molar-refractivity contribution in [3.63, 3.8) is 0 Å². The molecular weight excluding hydrogens is 368 g/mol. The predicted molar refractivity (Wildman–Crippen MR) is 122 cm³/mol. The Morgan fingerprint density at radius 3 is 1.07 bits per heavy atom. The quantitative estimate of drug-likeness (QED) is 0.319. The van der Waals surface area contributed by atoms with E-state index in [1.807, 2.05) is 55.4 Å². The lowest BCUT2D eigenvalue weighted by atomic mass is 9.99. The Bertz CT molecular complexity index is 428. The summed E-state index contributed by atoms with van der Waals surface area (Å²) < 4.78 is 4.42. The predicted octanol–water partition coefficient (Wildman–Crippen LogP) is 6.07. The third-order valence-electron chi connectivity index (χ3n) is 3.16. The monoisotopic (exact) mass is 416 g/mol. The highest BCUT2D eigenvalue weighted by Gasteiger charge is 2.12. The number of ketones is 3. The van der Waals surface area contributed by atoms with E-state index in [1.54, 1.807) is 6.92 Å². The molecule has 0 N–H and O–H groups in total. The molecule has 0 saturated carbocycles. The molecule has 0 fully saturated rings. The zero-order valence-corrected chi connectivity index (χ0v) is 19.9. The maximum absolute atomic E-state index is 11.2. The lowest BCUT2D eigenvalue weighted by Gasteiger charge is -2.04. The third-order valence-corrected chi connectivity index (χ3v) is 3.16. The SMILES string of the molecule is C.CC(=O)CC(C)C.CC(C)CC(=O)CC(=O)CC(C)C.COC(=O)CC(C)C. The van der Waals surface area contributed by atoms with Crippen LogP contribution in [0.3, 0.4) is 0 Å². The van der Waals surface area contributed by atoms with Crippen molar-refractivity contribution in [2.75, 3.05) is 7.11 Å². The second kappa shape index (κ2) is 21.2. The Morgan fingerprint density at radius 2 is 0.931 bits per heavy atom. The maximum Gasteiger partial charge on any atom is 0.305 e. The standard InChI is InChI=1S/C11H20O2.C6H12O2.C6H12O.CH4/c1-8(2)5-10(12)7-11(13)6-9(3)4;1-5(2)4-6(7)8-3;1-5(2)4-6(3)7;/h8-9H,5-7H2,1-4H3;5H,4H2,1-3H3;5H,4H2,1-3H3;1H4. The summed E-state index contributed by atoms with van der Waals surface area (Å²) in [6.07, 6.45) is 2.44. The van der Waals surface area contributed by atoms with Crippen molar-refractivity contribution in [2.24, 2.45) is 23.7 Å². The number of hydrogen-bond acceptors (Lipinski definition) is 5. The largest absolute Gasteiger partial charge is 0.469 e. The topological polar surface area (TPSA) is 77.5 Å². The van der Waals surface area contributed by atoms with E-state index in [-0.39, 0.29) is 37.2 Å². The molecule has 174 valence electrons. The van der Waals surface area contributed by atoms with Crippen LogP contribution in [0.25, 0.3) is 0 Å². The first-order valence-electron chi connectivity index (χ1n) is 10.3. The Labute approximate surface area is 180 Å². The van der Waals surface area contributed by atoms with E-state index >= 15 is 0 Å². The first kappa shape index (κ1) is 35.0. The van der Waals surface area contributed by atoms with E-state index in [9.17, 15) is 19.2 Å². The van der Waals surface area contributed by atoms with Crippen LogP contribution >= 0.6 is 0 Å². The molecule has 0 aliphatic carbocycles. The van der Waals surface area contributed by atoms with Crippen molar-refractivity contribution < 1.29 is 23.9 Å². The molecule has 0 radical (unpaired) electrons. The van der Waals surface area contributed by atoms with Crippen LogP contribution in [0.4, 0.5) is 0 Å². The smallest absolute Gasteiger partial charge is 0.305 e. The van der Waals surface area contributed by atoms with Crippen LogP contribution in [0.15, 0.2) is 0 Å². The van der Waals surface area contributed by atoms with Gasteiger partial charge in [-0.15, -0.1) is 0 Å². The lowest BCUT2D eigenvalue weighted by Crippen LogP contribution is -2.11. The minimum absolute atomic E-state index is 0. The fourth-order valence-electron chi connectivity index (χ4n) is 2.27. The molecule has 0 aromatic heterocycles. The number of Topliss-reactive ketones (excluding diaryl/α,β-unsaturated/α-hetero) is 3. The molecule has 0 atom stereocenters. The Morgan fingerprint density at radius 1 is 0.621 bits per heavy atom. The van der Waals surface area contributed by atoms with Crippen molar-refractivity contribution >= 4 is 23.3 Å². The number of methoxy groups -OCH3 is 1. The van der Waals surface area contributed by atoms with Crippen molar-refractivity contribution in [2.45, 2.75) is 102 Å².